The van der Waals surface area contributed by atoms with E-state index in [1.54, 1.807) is 12.1 Å². The molecule has 2 aromatic carbocycles. The van der Waals surface area contributed by atoms with Gasteiger partial charge >= 0.3 is 0 Å². The van der Waals surface area contributed by atoms with Crippen molar-refractivity contribution in [2.75, 3.05) is 30.5 Å². The molecule has 0 saturated heterocycles. The standard InChI is InChI=1S/C18H18N4O/c1-20(2)22-17-6-4-3-5-16(17)21-12-11-15(19-18(21)22)13-7-9-14(23)10-8-13/h3-11,23H,12H2,1-2H3. The molecule has 1 N–H and O–H groups in total. The van der Waals surface area contributed by atoms with Crippen molar-refractivity contribution in [2.24, 2.45) is 4.99 Å². The Balaban J connectivity index is 1.78. The van der Waals surface area contributed by atoms with E-state index in [9.17, 15) is 5.11 Å². The first-order chi connectivity index (χ1) is 11.1. The number of hydrogen-bond acceptors (Lipinski definition) is 5. The Morgan fingerprint density at radius 3 is 2.39 bits per heavy atom. The highest BCUT2D eigenvalue weighted by Crippen LogP contribution is 2.39. The summed E-state index contributed by atoms with van der Waals surface area (Å²) in [5, 5.41) is 13.6. The number of rotatable bonds is 2. The van der Waals surface area contributed by atoms with Crippen LogP contribution in [0.1, 0.15) is 5.56 Å². The predicted molar refractivity (Wildman–Crippen MR) is 93.5 cm³/mol. The minimum absolute atomic E-state index is 0.266. The number of phenols is 1. The Labute approximate surface area is 135 Å². The molecule has 5 nitrogen and oxygen atoms in total. The maximum Gasteiger partial charge on any atom is 0.226 e. The van der Waals surface area contributed by atoms with Crippen molar-refractivity contribution in [3.05, 3.63) is 60.2 Å². The lowest BCUT2D eigenvalue weighted by molar-refractivity contribution is 0.430. The first kappa shape index (κ1) is 13.8. The molecule has 0 radical (unpaired) electrons. The first-order valence-corrected chi connectivity index (χ1v) is 7.57. The Bertz CT molecular complexity index is 808. The Hall–Kier alpha value is -2.79. The number of guanidine groups is 1. The van der Waals surface area contributed by atoms with Crippen molar-refractivity contribution in [1.29, 1.82) is 0 Å². The topological polar surface area (TPSA) is 42.3 Å². The van der Waals surface area contributed by atoms with Gasteiger partial charge in [-0.15, -0.1) is 0 Å². The third-order valence-corrected chi connectivity index (χ3v) is 4.08. The molecule has 2 aliphatic heterocycles. The van der Waals surface area contributed by atoms with Crippen molar-refractivity contribution >= 4 is 23.0 Å². The van der Waals surface area contributed by atoms with Gasteiger partial charge in [-0.1, -0.05) is 12.1 Å². The number of fused-ring (bicyclic) bond motifs is 3. The van der Waals surface area contributed by atoms with E-state index in [0.717, 1.165) is 29.5 Å². The van der Waals surface area contributed by atoms with Crippen LogP contribution in [0.4, 0.5) is 11.4 Å². The van der Waals surface area contributed by atoms with Crippen LogP contribution in [0.25, 0.3) is 5.70 Å². The fraction of sp³-hybridized carbons (Fsp3) is 0.167. The van der Waals surface area contributed by atoms with E-state index in [2.05, 4.69) is 34.2 Å². The minimum atomic E-state index is 0.266. The number of nitrogens with zero attached hydrogens (tertiary/aromatic N) is 4. The smallest absolute Gasteiger partial charge is 0.226 e. The second-order valence-corrected chi connectivity index (χ2v) is 5.81. The summed E-state index contributed by atoms with van der Waals surface area (Å²) in [6.45, 7) is 0.774. The largest absolute Gasteiger partial charge is 0.508 e. The number of aromatic hydroxyl groups is 1. The number of hydrogen-bond donors (Lipinski definition) is 1. The molecule has 5 heteroatoms. The molecule has 0 saturated carbocycles. The first-order valence-electron chi connectivity index (χ1n) is 7.57. The lowest BCUT2D eigenvalue weighted by atomic mass is 10.1. The van der Waals surface area contributed by atoms with Crippen LogP contribution in [-0.4, -0.2) is 36.7 Å². The third-order valence-electron chi connectivity index (χ3n) is 4.08. The summed E-state index contributed by atoms with van der Waals surface area (Å²) in [4.78, 5) is 7.08. The van der Waals surface area contributed by atoms with Crippen molar-refractivity contribution in [3.63, 3.8) is 0 Å². The van der Waals surface area contributed by atoms with Crippen LogP contribution >= 0.6 is 0 Å². The molecule has 0 fully saturated rings. The number of anilines is 2. The molecule has 0 spiro atoms. The summed E-state index contributed by atoms with van der Waals surface area (Å²) in [6.07, 6.45) is 2.12. The molecule has 0 bridgehead atoms. The summed E-state index contributed by atoms with van der Waals surface area (Å²) in [7, 11) is 4.03. The average Bonchev–Trinajstić information content (AvgIpc) is 2.89. The average molecular weight is 306 g/mol. The quantitative estimate of drug-likeness (QED) is 0.926. The zero-order valence-electron chi connectivity index (χ0n) is 13.1. The number of para-hydroxylation sites is 2. The summed E-state index contributed by atoms with van der Waals surface area (Å²) < 4.78 is 0. The molecule has 116 valence electrons. The van der Waals surface area contributed by atoms with Crippen molar-refractivity contribution in [2.45, 2.75) is 0 Å². The third kappa shape index (κ3) is 2.17. The van der Waals surface area contributed by atoms with E-state index in [1.165, 1.54) is 5.69 Å². The maximum absolute atomic E-state index is 9.46. The number of benzene rings is 2. The van der Waals surface area contributed by atoms with Gasteiger partial charge in [0.25, 0.3) is 0 Å². The second-order valence-electron chi connectivity index (χ2n) is 5.81. The molecular weight excluding hydrogens is 288 g/mol. The second kappa shape index (κ2) is 5.14. The van der Waals surface area contributed by atoms with E-state index in [4.69, 9.17) is 4.99 Å². The molecule has 0 aliphatic carbocycles. The lowest BCUT2D eigenvalue weighted by Gasteiger charge is -2.30. The summed E-state index contributed by atoms with van der Waals surface area (Å²) in [6, 6.07) is 15.5. The maximum atomic E-state index is 9.46. The SMILES string of the molecule is CN(C)N1C2=NC(c3ccc(O)cc3)=CCN2c2ccccc21. The van der Waals surface area contributed by atoms with Crippen molar-refractivity contribution < 1.29 is 5.11 Å². The van der Waals surface area contributed by atoms with Gasteiger partial charge in [-0.2, -0.15) is 0 Å². The number of hydrazine groups is 1. The number of phenolic OH excluding ortho intramolecular Hbond substituents is 1. The summed E-state index contributed by atoms with van der Waals surface area (Å²) >= 11 is 0. The fourth-order valence-corrected chi connectivity index (χ4v) is 3.03. The zero-order valence-corrected chi connectivity index (χ0v) is 13.1. The van der Waals surface area contributed by atoms with Crippen LogP contribution in [0.5, 0.6) is 5.75 Å². The van der Waals surface area contributed by atoms with Crippen LogP contribution in [0, 0.1) is 0 Å². The monoisotopic (exact) mass is 306 g/mol. The molecule has 23 heavy (non-hydrogen) atoms. The van der Waals surface area contributed by atoms with E-state index >= 15 is 0 Å². The molecule has 0 atom stereocenters. The van der Waals surface area contributed by atoms with Gasteiger partial charge in [0.2, 0.25) is 5.96 Å². The highest BCUT2D eigenvalue weighted by atomic mass is 16.3. The van der Waals surface area contributed by atoms with Gasteiger partial charge in [0, 0.05) is 26.2 Å². The van der Waals surface area contributed by atoms with Crippen LogP contribution in [0.2, 0.25) is 0 Å². The highest BCUT2D eigenvalue weighted by molar-refractivity contribution is 6.17. The normalized spacial score (nSPS) is 16.1. The van der Waals surface area contributed by atoms with Crippen molar-refractivity contribution in [3.8, 4) is 5.75 Å². The highest BCUT2D eigenvalue weighted by Gasteiger charge is 2.35. The molecule has 0 unspecified atom stereocenters. The predicted octanol–water partition coefficient (Wildman–Crippen LogP) is 2.91. The van der Waals surface area contributed by atoms with E-state index in [0.29, 0.717) is 0 Å². The number of aliphatic imine (C=N–C) groups is 1. The Kier molecular flexibility index (Phi) is 3.09. The van der Waals surface area contributed by atoms with E-state index in [-0.39, 0.29) is 5.75 Å². The van der Waals surface area contributed by atoms with Gasteiger partial charge < -0.3 is 10.0 Å². The Morgan fingerprint density at radius 2 is 1.70 bits per heavy atom. The molecule has 4 rings (SSSR count). The van der Waals surface area contributed by atoms with E-state index < -0.39 is 0 Å². The van der Waals surface area contributed by atoms with Crippen molar-refractivity contribution in [1.82, 2.24) is 5.01 Å². The van der Waals surface area contributed by atoms with Gasteiger partial charge in [0.1, 0.15) is 5.75 Å². The van der Waals surface area contributed by atoms with Crippen LogP contribution in [0.15, 0.2) is 59.6 Å². The zero-order chi connectivity index (χ0) is 16.0. The molecule has 2 aromatic rings. The van der Waals surface area contributed by atoms with Gasteiger partial charge in [-0.05, 0) is 42.5 Å². The van der Waals surface area contributed by atoms with Gasteiger partial charge in [-0.3, -0.25) is 0 Å². The summed E-state index contributed by atoms with van der Waals surface area (Å²) in [5.41, 5.74) is 4.23. The molecule has 2 aliphatic rings. The molecule has 0 amide bonds. The van der Waals surface area contributed by atoms with Gasteiger partial charge in [-0.25, -0.2) is 15.0 Å². The van der Waals surface area contributed by atoms with Crippen LogP contribution in [-0.2, 0) is 0 Å². The van der Waals surface area contributed by atoms with Crippen LogP contribution in [0.3, 0.4) is 0 Å². The summed E-state index contributed by atoms with van der Waals surface area (Å²) in [5.74, 6) is 1.17. The van der Waals surface area contributed by atoms with E-state index in [1.807, 2.05) is 37.3 Å². The van der Waals surface area contributed by atoms with Gasteiger partial charge in [0.15, 0.2) is 0 Å². The minimum Gasteiger partial charge on any atom is -0.508 e. The molecule has 2 heterocycles. The molecular formula is C18H18N4O. The fourth-order valence-electron chi connectivity index (χ4n) is 3.03. The Morgan fingerprint density at radius 1 is 1.00 bits per heavy atom. The van der Waals surface area contributed by atoms with Gasteiger partial charge in [0.05, 0.1) is 17.1 Å². The lowest BCUT2D eigenvalue weighted by Crippen LogP contribution is -2.46. The molecule has 0 aromatic heterocycles. The van der Waals surface area contributed by atoms with Crippen LogP contribution < -0.4 is 9.91 Å².